The number of ether oxygens (including phenoxy) is 4. The van der Waals surface area contributed by atoms with E-state index in [2.05, 4.69) is 0 Å². The van der Waals surface area contributed by atoms with Crippen molar-refractivity contribution in [1.82, 2.24) is 0 Å². The minimum absolute atomic E-state index is 0.0845. The number of hydrogen-bond acceptors (Lipinski definition) is 12. The quantitative estimate of drug-likeness (QED) is 0.0245. The molecule has 0 saturated heterocycles. The zero-order valence-electron chi connectivity index (χ0n) is 68.9. The topological polar surface area (TPSA) is 186 Å². The van der Waals surface area contributed by atoms with Crippen molar-refractivity contribution in [2.24, 2.45) is 5.41 Å². The summed E-state index contributed by atoms with van der Waals surface area (Å²) in [5.74, 6) is -3.09. The van der Waals surface area contributed by atoms with E-state index < -0.39 is 99.0 Å². The summed E-state index contributed by atoms with van der Waals surface area (Å²) in [7, 11) is 0. The van der Waals surface area contributed by atoms with Crippen LogP contribution in [-0.4, -0.2) is 70.7 Å². The zero-order valence-corrected chi connectivity index (χ0v) is 68.9. The van der Waals surface area contributed by atoms with Crippen LogP contribution in [0.1, 0.15) is 255 Å². The first-order chi connectivity index (χ1) is 50.4. The van der Waals surface area contributed by atoms with Crippen LogP contribution < -0.4 is 0 Å². The van der Waals surface area contributed by atoms with Crippen molar-refractivity contribution in [2.75, 3.05) is 26.4 Å². The third-order valence-corrected chi connectivity index (χ3v) is 19.5. The number of hydrogen-bond donors (Lipinski definition) is 4. The molecular formula is C97H116O12. The van der Waals surface area contributed by atoms with Gasteiger partial charge in [-0.1, -0.05) is 287 Å². The van der Waals surface area contributed by atoms with Crippen molar-refractivity contribution in [3.8, 4) is 23.0 Å². The van der Waals surface area contributed by atoms with Gasteiger partial charge < -0.3 is 39.4 Å². The maximum atomic E-state index is 16.1. The first-order valence-electron chi connectivity index (χ1n) is 37.7. The van der Waals surface area contributed by atoms with Crippen LogP contribution in [0.15, 0.2) is 170 Å². The summed E-state index contributed by atoms with van der Waals surface area (Å²) in [6.45, 7) is 44.6. The van der Waals surface area contributed by atoms with E-state index in [0.717, 1.165) is 0 Å². The molecule has 0 aliphatic heterocycles. The summed E-state index contributed by atoms with van der Waals surface area (Å²) in [5.41, 5.74) is 2.19. The Balaban J connectivity index is 1.43. The molecule has 0 spiro atoms. The smallest absolute Gasteiger partial charge is 0.338 e. The normalized spacial score (nSPS) is 13.9. The van der Waals surface area contributed by atoms with Crippen LogP contribution in [-0.2, 0) is 81.4 Å². The van der Waals surface area contributed by atoms with Crippen LogP contribution in [0.5, 0.6) is 23.0 Å². The maximum absolute atomic E-state index is 16.1. The van der Waals surface area contributed by atoms with E-state index in [9.17, 15) is 20.4 Å². The molecule has 0 saturated carbocycles. The molecule has 8 aromatic carbocycles. The highest BCUT2D eigenvalue weighted by atomic mass is 16.6. The van der Waals surface area contributed by atoms with E-state index in [1.165, 1.54) is 0 Å². The molecule has 0 aliphatic carbocycles. The predicted molar refractivity (Wildman–Crippen MR) is 446 cm³/mol. The van der Waals surface area contributed by atoms with Gasteiger partial charge in [-0.3, -0.25) is 0 Å². The van der Waals surface area contributed by atoms with Gasteiger partial charge in [-0.25, -0.2) is 19.2 Å². The molecule has 8 aromatic rings. The molecule has 12 heteroatoms. The number of aromatic hydroxyl groups is 4. The number of benzene rings is 8. The Hall–Kier alpha value is -10.2. The van der Waals surface area contributed by atoms with Crippen molar-refractivity contribution in [2.45, 2.75) is 209 Å². The Kier molecular flexibility index (Phi) is 25.2. The van der Waals surface area contributed by atoms with Crippen LogP contribution >= 0.6 is 0 Å². The van der Waals surface area contributed by atoms with Gasteiger partial charge in [0.1, 0.15) is 54.8 Å². The summed E-state index contributed by atoms with van der Waals surface area (Å²) in [6.07, 6.45) is 6.82. The van der Waals surface area contributed by atoms with E-state index in [0.29, 0.717) is 89.0 Å². The van der Waals surface area contributed by atoms with E-state index in [1.807, 2.05) is 287 Å². The molecule has 576 valence electrons. The van der Waals surface area contributed by atoms with Crippen LogP contribution in [0.4, 0.5) is 0 Å². The van der Waals surface area contributed by atoms with E-state index in [4.69, 9.17) is 18.9 Å². The minimum Gasteiger partial charge on any atom is -0.507 e. The molecule has 0 radical (unpaired) electrons. The molecule has 0 fully saturated rings. The molecule has 0 aliphatic rings. The van der Waals surface area contributed by atoms with Gasteiger partial charge in [-0.05, 0) is 161 Å². The minimum atomic E-state index is -2.02. The Morgan fingerprint density at radius 3 is 0.514 bits per heavy atom. The summed E-state index contributed by atoms with van der Waals surface area (Å²) in [4.78, 5) is 64.4. The van der Waals surface area contributed by atoms with E-state index >= 15 is 19.2 Å². The molecule has 0 bridgehead atoms. The largest absolute Gasteiger partial charge is 0.507 e. The van der Waals surface area contributed by atoms with Gasteiger partial charge in [0.25, 0.3) is 0 Å². The zero-order chi connectivity index (χ0) is 81.0. The molecule has 8 rings (SSSR count). The van der Waals surface area contributed by atoms with Gasteiger partial charge in [0.2, 0.25) is 0 Å². The van der Waals surface area contributed by atoms with Gasteiger partial charge >= 0.3 is 23.9 Å². The number of phenols is 4. The Morgan fingerprint density at radius 1 is 0.248 bits per heavy atom. The number of rotatable bonds is 20. The predicted octanol–water partition coefficient (Wildman–Crippen LogP) is 22.3. The molecule has 0 heterocycles. The molecule has 0 aromatic heterocycles. The summed E-state index contributed by atoms with van der Waals surface area (Å²) in [5, 5.41) is 48.5. The highest BCUT2D eigenvalue weighted by Gasteiger charge is 2.42. The van der Waals surface area contributed by atoms with Crippen molar-refractivity contribution >= 4 is 70.5 Å². The SMILES string of the molecule is CC(C)(C)c1cc(C(=Cc2ccccc2)C(=O)OCC(COC(=O)C(=Cc2ccccc2)c2cc(C(C)(C)C)c(O)c(C(C)(C)C)c2)(COC(=O)C(=Cc2ccccc2)c2cc(C(C)(C)C)c(O)c(C(C)(C)C)c2)COC(=O)C(=Cc2ccccc2)c2cc(C(C)(C)C)c(O)c(C(C)(C)C)c2)cc(C(C)(C)C)c1O. The Bertz CT molecular complexity index is 4010. The van der Waals surface area contributed by atoms with Gasteiger partial charge in [0.05, 0.1) is 22.3 Å². The van der Waals surface area contributed by atoms with Crippen molar-refractivity contribution < 1.29 is 58.6 Å². The lowest BCUT2D eigenvalue weighted by molar-refractivity contribution is -0.163. The Labute approximate surface area is 648 Å². The van der Waals surface area contributed by atoms with Crippen molar-refractivity contribution in [3.05, 3.63) is 259 Å². The fourth-order valence-electron chi connectivity index (χ4n) is 13.1. The first-order valence-corrected chi connectivity index (χ1v) is 37.7. The maximum Gasteiger partial charge on any atom is 0.338 e. The highest BCUT2D eigenvalue weighted by Crippen LogP contribution is 2.47. The van der Waals surface area contributed by atoms with Crippen LogP contribution in [0.25, 0.3) is 46.6 Å². The van der Waals surface area contributed by atoms with Crippen molar-refractivity contribution in [3.63, 3.8) is 0 Å². The fraction of sp³-hybridized carbons (Fsp3) is 0.381. The molecular weight excluding hydrogens is 1360 g/mol. The van der Waals surface area contributed by atoms with E-state index in [-0.39, 0.29) is 45.3 Å². The number of phenolic OH excluding ortho intramolecular Hbond substituents is 4. The average Bonchev–Trinajstić information content (AvgIpc) is 0.786. The lowest BCUT2D eigenvalue weighted by Crippen LogP contribution is -2.44. The van der Waals surface area contributed by atoms with Gasteiger partial charge in [0, 0.05) is 44.5 Å². The second kappa shape index (κ2) is 32.5. The molecule has 4 N–H and O–H groups in total. The monoisotopic (exact) mass is 1470 g/mol. The summed E-state index contributed by atoms with van der Waals surface area (Å²) in [6, 6.07) is 51.4. The van der Waals surface area contributed by atoms with Gasteiger partial charge in [-0.15, -0.1) is 0 Å². The molecule has 109 heavy (non-hydrogen) atoms. The van der Waals surface area contributed by atoms with Crippen LogP contribution in [0.2, 0.25) is 0 Å². The fourth-order valence-corrected chi connectivity index (χ4v) is 13.1. The molecule has 12 nitrogen and oxygen atoms in total. The lowest BCUT2D eigenvalue weighted by atomic mass is 9.77. The molecule has 0 amide bonds. The highest BCUT2D eigenvalue weighted by molar-refractivity contribution is 6.24. The van der Waals surface area contributed by atoms with Crippen LogP contribution in [0.3, 0.4) is 0 Å². The van der Waals surface area contributed by atoms with Crippen LogP contribution in [0, 0.1) is 5.41 Å². The average molecular weight is 1470 g/mol. The number of esters is 4. The van der Waals surface area contributed by atoms with E-state index in [1.54, 1.807) is 72.8 Å². The lowest BCUT2D eigenvalue weighted by Gasteiger charge is -2.33. The summed E-state index contributed by atoms with van der Waals surface area (Å²) >= 11 is 0. The second-order valence-corrected chi connectivity index (χ2v) is 37.4. The van der Waals surface area contributed by atoms with Crippen molar-refractivity contribution in [1.29, 1.82) is 0 Å². The standard InChI is InChI=1S/C97H116O12/c1-89(2,3)73-49-65(50-74(81(73)98)90(4,5)6)69(45-61-37-29-25-30-38-61)85(102)106-57-97(58-107-86(103)70(46-62-39-31-26-32-40-62)66-51-75(91(7,8)9)82(99)76(52-66)92(10,11)12,59-108-87(104)71(47-63-41-33-27-34-42-63)67-53-77(93(13,14)15)83(100)78(54-67)94(16,17)18)60-109-88(105)72(48-64-43-35-28-36-44-64)68-55-79(95(19,20)21)84(101)80(56-68)96(22,23)24/h25-56,98-101H,57-60H2,1-24H3. The van der Waals surface area contributed by atoms with Gasteiger partial charge in [-0.2, -0.15) is 0 Å². The number of carbonyl (C=O) groups excluding carboxylic acids is 4. The molecule has 0 atom stereocenters. The summed E-state index contributed by atoms with van der Waals surface area (Å²) < 4.78 is 27.1. The second-order valence-electron chi connectivity index (χ2n) is 37.4. The Morgan fingerprint density at radius 2 is 0.385 bits per heavy atom. The first kappa shape index (κ1) is 84.4. The van der Waals surface area contributed by atoms with Gasteiger partial charge in [0.15, 0.2) is 0 Å². The third-order valence-electron chi connectivity index (χ3n) is 19.5. The molecule has 0 unspecified atom stereocenters. The number of carbonyl (C=O) groups is 4. The third kappa shape index (κ3) is 21.2.